The van der Waals surface area contributed by atoms with E-state index in [1.54, 1.807) is 45.0 Å². The van der Waals surface area contributed by atoms with Crippen LogP contribution < -0.4 is 14.4 Å². The Morgan fingerprint density at radius 3 is 2.23 bits per heavy atom. The van der Waals surface area contributed by atoms with Crippen molar-refractivity contribution >= 4 is 39.1 Å². The zero-order valence-electron chi connectivity index (χ0n) is 24.3. The Morgan fingerprint density at radius 2 is 1.65 bits per heavy atom. The van der Waals surface area contributed by atoms with E-state index in [4.69, 9.17) is 16.3 Å². The molecule has 0 saturated heterocycles. The number of anilines is 1. The van der Waals surface area contributed by atoms with Crippen LogP contribution in [0.25, 0.3) is 0 Å². The van der Waals surface area contributed by atoms with E-state index in [2.05, 4.69) is 5.32 Å². The van der Waals surface area contributed by atoms with E-state index in [0.717, 1.165) is 17.7 Å². The predicted molar refractivity (Wildman–Crippen MR) is 158 cm³/mol. The average Bonchev–Trinajstić information content (AvgIpc) is 2.93. The van der Waals surface area contributed by atoms with Gasteiger partial charge in [0.25, 0.3) is 10.0 Å². The summed E-state index contributed by atoms with van der Waals surface area (Å²) in [5, 5.41) is 2.10. The van der Waals surface area contributed by atoms with Crippen LogP contribution in [0.1, 0.15) is 37.5 Å². The lowest BCUT2D eigenvalue weighted by Crippen LogP contribution is -2.52. The van der Waals surface area contributed by atoms with E-state index in [1.807, 2.05) is 0 Å². The summed E-state index contributed by atoms with van der Waals surface area (Å²) in [4.78, 5) is 27.9. The first kappa shape index (κ1) is 33.7. The molecule has 0 radical (unpaired) electrons. The van der Waals surface area contributed by atoms with Crippen molar-refractivity contribution in [3.8, 4) is 5.75 Å². The maximum atomic E-state index is 14.0. The Labute approximate surface area is 254 Å². The lowest BCUT2D eigenvalue weighted by atomic mass is 10.1. The van der Waals surface area contributed by atoms with Crippen LogP contribution in [0.2, 0.25) is 5.02 Å². The molecule has 1 N–H and O–H groups in total. The first-order chi connectivity index (χ1) is 20.0. The maximum Gasteiger partial charge on any atom is 0.417 e. The van der Waals surface area contributed by atoms with Crippen LogP contribution in [0, 0.1) is 6.92 Å². The van der Waals surface area contributed by atoms with Crippen LogP contribution >= 0.6 is 11.6 Å². The molecule has 3 aromatic rings. The molecular weight excluding hydrogens is 607 g/mol. The third-order valence-corrected chi connectivity index (χ3v) is 8.63. The molecule has 3 rings (SSSR count). The molecule has 0 fully saturated rings. The summed E-state index contributed by atoms with van der Waals surface area (Å²) in [5.41, 5.74) is -0.357. The SMILES string of the molecule is COc1cccc(CN(C(=O)CN(c2ccc(Cl)c(C(F)(F)F)c2)S(=O)(=O)c2ccc(C)cc2)[C@@H](C)C(=O)NC(C)C)c1. The van der Waals surface area contributed by atoms with Crippen LogP contribution in [0.3, 0.4) is 0 Å². The van der Waals surface area contributed by atoms with Crippen molar-refractivity contribution < 1.29 is 35.9 Å². The van der Waals surface area contributed by atoms with Crippen LogP contribution in [0.5, 0.6) is 5.75 Å². The highest BCUT2D eigenvalue weighted by Crippen LogP contribution is 2.38. The van der Waals surface area contributed by atoms with Crippen LogP contribution in [-0.4, -0.2) is 50.9 Å². The molecular formula is C30H33ClF3N3O5S. The van der Waals surface area contributed by atoms with Gasteiger partial charge in [-0.3, -0.25) is 13.9 Å². The van der Waals surface area contributed by atoms with Crippen molar-refractivity contribution in [1.29, 1.82) is 0 Å². The van der Waals surface area contributed by atoms with Gasteiger partial charge in [-0.25, -0.2) is 8.42 Å². The third kappa shape index (κ3) is 8.41. The van der Waals surface area contributed by atoms with E-state index in [1.165, 1.54) is 43.2 Å². The average molecular weight is 640 g/mol. The summed E-state index contributed by atoms with van der Waals surface area (Å²) < 4.78 is 74.9. The standard InChI is InChI=1S/C30H33ClF3N3O5S/c1-19(2)35-29(39)21(4)36(17-22-7-6-8-24(15-22)42-5)28(38)18-37(43(40,41)25-12-9-20(3)10-13-25)23-11-14-27(31)26(16-23)30(32,33)34/h6-16,19,21H,17-18H2,1-5H3,(H,35,39)/t21-/m0/s1. The van der Waals surface area contributed by atoms with Crippen LogP contribution in [-0.2, 0) is 32.3 Å². The van der Waals surface area contributed by atoms with Crippen molar-refractivity contribution in [3.63, 3.8) is 0 Å². The Hall–Kier alpha value is -3.77. The first-order valence-electron chi connectivity index (χ1n) is 13.2. The van der Waals surface area contributed by atoms with Gasteiger partial charge in [-0.15, -0.1) is 0 Å². The molecule has 13 heteroatoms. The normalized spacial score (nSPS) is 12.5. The van der Waals surface area contributed by atoms with Gasteiger partial charge in [0.15, 0.2) is 0 Å². The number of halogens is 4. The first-order valence-corrected chi connectivity index (χ1v) is 15.0. The molecule has 0 aromatic heterocycles. The minimum atomic E-state index is -4.89. The number of ether oxygens (including phenoxy) is 1. The molecule has 0 aliphatic heterocycles. The second-order valence-electron chi connectivity index (χ2n) is 10.2. The number of nitrogens with zero attached hydrogens (tertiary/aromatic N) is 2. The topological polar surface area (TPSA) is 96.0 Å². The Morgan fingerprint density at radius 1 is 1.00 bits per heavy atom. The summed E-state index contributed by atoms with van der Waals surface area (Å²) >= 11 is 5.81. The lowest BCUT2D eigenvalue weighted by Gasteiger charge is -2.32. The largest absolute Gasteiger partial charge is 0.497 e. The van der Waals surface area contributed by atoms with Gasteiger partial charge in [0.2, 0.25) is 11.8 Å². The van der Waals surface area contributed by atoms with Crippen LogP contribution in [0.4, 0.5) is 18.9 Å². The molecule has 0 bridgehead atoms. The minimum Gasteiger partial charge on any atom is -0.497 e. The zero-order valence-corrected chi connectivity index (χ0v) is 25.8. The number of nitrogens with one attached hydrogen (secondary N) is 1. The number of carbonyl (C=O) groups is 2. The number of carbonyl (C=O) groups excluding carboxylic acids is 2. The van der Waals surface area contributed by atoms with Gasteiger partial charge in [-0.05, 0) is 75.7 Å². The zero-order chi connectivity index (χ0) is 32.1. The summed E-state index contributed by atoms with van der Waals surface area (Å²) in [6, 6.07) is 13.7. The van der Waals surface area contributed by atoms with Gasteiger partial charge in [0.05, 0.1) is 28.3 Å². The van der Waals surface area contributed by atoms with Gasteiger partial charge in [0.1, 0.15) is 18.3 Å². The fourth-order valence-electron chi connectivity index (χ4n) is 4.21. The fourth-order valence-corrected chi connectivity index (χ4v) is 5.84. The molecule has 8 nitrogen and oxygen atoms in total. The number of alkyl halides is 3. The third-order valence-electron chi connectivity index (χ3n) is 6.52. The second-order valence-corrected chi connectivity index (χ2v) is 12.5. The number of methoxy groups -OCH3 is 1. The Bertz CT molecular complexity index is 1560. The number of benzene rings is 3. The highest BCUT2D eigenvalue weighted by Gasteiger charge is 2.37. The molecule has 2 amide bonds. The molecule has 0 aliphatic carbocycles. The van der Waals surface area contributed by atoms with Crippen molar-refractivity contribution in [2.24, 2.45) is 0 Å². The van der Waals surface area contributed by atoms with E-state index in [0.29, 0.717) is 21.7 Å². The number of aryl methyl sites for hydroxylation is 1. The minimum absolute atomic E-state index is 0.116. The van der Waals surface area contributed by atoms with Crippen molar-refractivity contribution in [2.75, 3.05) is 18.0 Å². The number of amides is 2. The molecule has 0 heterocycles. The summed E-state index contributed by atoms with van der Waals surface area (Å²) in [6.07, 6.45) is -4.89. The number of rotatable bonds is 11. The fraction of sp³-hybridized carbons (Fsp3) is 0.333. The quantitative estimate of drug-likeness (QED) is 0.286. The molecule has 0 spiro atoms. The lowest BCUT2D eigenvalue weighted by molar-refractivity contribution is -0.139. The maximum absolute atomic E-state index is 14.0. The monoisotopic (exact) mass is 639 g/mol. The van der Waals surface area contributed by atoms with Gasteiger partial charge < -0.3 is 15.0 Å². The Balaban J connectivity index is 2.13. The number of hydrogen-bond donors (Lipinski definition) is 1. The van der Waals surface area contributed by atoms with Gasteiger partial charge >= 0.3 is 6.18 Å². The molecule has 0 aliphatic rings. The van der Waals surface area contributed by atoms with E-state index in [-0.39, 0.29) is 17.5 Å². The molecule has 1 atom stereocenters. The van der Waals surface area contributed by atoms with E-state index >= 15 is 0 Å². The number of sulfonamides is 1. The molecule has 0 saturated carbocycles. The van der Waals surface area contributed by atoms with E-state index < -0.39 is 56.9 Å². The molecule has 0 unspecified atom stereocenters. The van der Waals surface area contributed by atoms with Gasteiger partial charge in [0, 0.05) is 12.6 Å². The summed E-state index contributed by atoms with van der Waals surface area (Å²) in [5.74, 6) is -0.827. The summed E-state index contributed by atoms with van der Waals surface area (Å²) in [7, 11) is -3.10. The highest BCUT2D eigenvalue weighted by molar-refractivity contribution is 7.92. The molecule has 3 aromatic carbocycles. The number of hydrogen-bond acceptors (Lipinski definition) is 5. The predicted octanol–water partition coefficient (Wildman–Crippen LogP) is 5.81. The van der Waals surface area contributed by atoms with Gasteiger partial charge in [-0.1, -0.05) is 41.4 Å². The summed E-state index contributed by atoms with van der Waals surface area (Å²) in [6.45, 7) is 5.69. The second kappa shape index (κ2) is 13.7. The smallest absolute Gasteiger partial charge is 0.417 e. The Kier molecular flexibility index (Phi) is 10.7. The van der Waals surface area contributed by atoms with Gasteiger partial charge in [-0.2, -0.15) is 13.2 Å². The van der Waals surface area contributed by atoms with Crippen molar-refractivity contribution in [1.82, 2.24) is 10.2 Å². The van der Waals surface area contributed by atoms with E-state index in [9.17, 15) is 31.2 Å². The van der Waals surface area contributed by atoms with Crippen molar-refractivity contribution in [2.45, 2.75) is 57.4 Å². The highest BCUT2D eigenvalue weighted by atomic mass is 35.5. The van der Waals surface area contributed by atoms with Crippen molar-refractivity contribution in [3.05, 3.63) is 88.4 Å². The van der Waals surface area contributed by atoms with Crippen LogP contribution in [0.15, 0.2) is 71.6 Å². The molecule has 43 heavy (non-hydrogen) atoms. The molecule has 232 valence electrons.